The van der Waals surface area contributed by atoms with E-state index < -0.39 is 0 Å². The van der Waals surface area contributed by atoms with Crippen LogP contribution in [0.2, 0.25) is 0 Å². The van der Waals surface area contributed by atoms with Crippen molar-refractivity contribution in [3.63, 3.8) is 0 Å². The molecular weight excluding hydrogens is 278 g/mol. The molecule has 0 unspecified atom stereocenters. The first-order chi connectivity index (χ1) is 10.3. The minimum atomic E-state index is 0.938. The van der Waals surface area contributed by atoms with Crippen LogP contribution in [0.3, 0.4) is 0 Å². The molecule has 104 valence electrons. The van der Waals surface area contributed by atoms with E-state index >= 15 is 0 Å². The zero-order valence-corrected chi connectivity index (χ0v) is 12.6. The van der Waals surface area contributed by atoms with E-state index in [1.165, 1.54) is 21.3 Å². The van der Waals surface area contributed by atoms with Crippen molar-refractivity contribution in [1.29, 1.82) is 0 Å². The SMILES string of the molecule is Cn1c(=NN=C2CCc3ccccc32)sc2ccccc21. The van der Waals surface area contributed by atoms with Crippen LogP contribution in [0, 0.1) is 0 Å². The highest BCUT2D eigenvalue weighted by Gasteiger charge is 2.16. The summed E-state index contributed by atoms with van der Waals surface area (Å²) in [6.45, 7) is 0. The summed E-state index contributed by atoms with van der Waals surface area (Å²) in [5, 5.41) is 9.02. The molecule has 1 aliphatic carbocycles. The molecule has 1 aliphatic rings. The lowest BCUT2D eigenvalue weighted by Crippen LogP contribution is -2.09. The topological polar surface area (TPSA) is 29.6 Å². The maximum atomic E-state index is 4.52. The van der Waals surface area contributed by atoms with Gasteiger partial charge in [-0.25, -0.2) is 0 Å². The molecule has 0 amide bonds. The number of aryl methyl sites for hydroxylation is 2. The molecule has 0 saturated carbocycles. The second-order valence-electron chi connectivity index (χ2n) is 5.22. The van der Waals surface area contributed by atoms with E-state index in [2.05, 4.69) is 63.3 Å². The van der Waals surface area contributed by atoms with E-state index in [0.29, 0.717) is 0 Å². The van der Waals surface area contributed by atoms with Crippen molar-refractivity contribution >= 4 is 27.3 Å². The Morgan fingerprint density at radius 3 is 2.67 bits per heavy atom. The van der Waals surface area contributed by atoms with E-state index in [-0.39, 0.29) is 0 Å². The third-order valence-electron chi connectivity index (χ3n) is 3.93. The van der Waals surface area contributed by atoms with Crippen molar-refractivity contribution < 1.29 is 0 Å². The molecular formula is C17H15N3S. The van der Waals surface area contributed by atoms with Crippen LogP contribution >= 0.6 is 11.3 Å². The van der Waals surface area contributed by atoms with Gasteiger partial charge < -0.3 is 4.57 Å². The molecule has 3 nitrogen and oxygen atoms in total. The summed E-state index contributed by atoms with van der Waals surface area (Å²) >= 11 is 1.68. The Hall–Kier alpha value is -2.20. The zero-order chi connectivity index (χ0) is 14.2. The molecule has 0 radical (unpaired) electrons. The molecule has 0 saturated heterocycles. The summed E-state index contributed by atoms with van der Waals surface area (Å²) in [5.74, 6) is 0. The Bertz CT molecular complexity index is 915. The minimum absolute atomic E-state index is 0.938. The molecule has 21 heavy (non-hydrogen) atoms. The van der Waals surface area contributed by atoms with Crippen molar-refractivity contribution in [2.75, 3.05) is 0 Å². The number of fused-ring (bicyclic) bond motifs is 2. The van der Waals surface area contributed by atoms with Crippen LogP contribution in [0.25, 0.3) is 10.2 Å². The van der Waals surface area contributed by atoms with Gasteiger partial charge in [-0.15, -0.1) is 5.10 Å². The fourth-order valence-electron chi connectivity index (χ4n) is 2.79. The number of para-hydroxylation sites is 1. The number of thiazole rings is 1. The summed E-state index contributed by atoms with van der Waals surface area (Å²) in [6, 6.07) is 16.8. The molecule has 0 N–H and O–H groups in total. The highest BCUT2D eigenvalue weighted by molar-refractivity contribution is 7.16. The maximum absolute atomic E-state index is 4.52. The molecule has 2 aromatic carbocycles. The van der Waals surface area contributed by atoms with Crippen LogP contribution in [0.5, 0.6) is 0 Å². The van der Waals surface area contributed by atoms with Gasteiger partial charge in [0.1, 0.15) is 0 Å². The highest BCUT2D eigenvalue weighted by Crippen LogP contribution is 2.22. The van der Waals surface area contributed by atoms with Gasteiger partial charge in [-0.2, -0.15) is 5.10 Å². The van der Waals surface area contributed by atoms with E-state index in [0.717, 1.165) is 23.4 Å². The number of aromatic nitrogens is 1. The quantitative estimate of drug-likeness (QED) is 0.615. The Balaban J connectivity index is 1.82. The summed E-state index contributed by atoms with van der Waals surface area (Å²) in [6.07, 6.45) is 2.06. The molecule has 0 spiro atoms. The van der Waals surface area contributed by atoms with Crippen LogP contribution in [0.4, 0.5) is 0 Å². The van der Waals surface area contributed by atoms with Gasteiger partial charge >= 0.3 is 0 Å². The van der Waals surface area contributed by atoms with Gasteiger partial charge in [-0.05, 0) is 30.5 Å². The molecule has 0 fully saturated rings. The fraction of sp³-hybridized carbons (Fsp3) is 0.176. The second-order valence-corrected chi connectivity index (χ2v) is 6.22. The van der Waals surface area contributed by atoms with Gasteiger partial charge in [0.25, 0.3) is 0 Å². The second kappa shape index (κ2) is 4.97. The molecule has 0 bridgehead atoms. The average molecular weight is 293 g/mol. The van der Waals surface area contributed by atoms with Crippen molar-refractivity contribution in [2.45, 2.75) is 12.8 Å². The number of benzene rings is 2. The molecule has 1 aromatic heterocycles. The van der Waals surface area contributed by atoms with Gasteiger partial charge in [-0.1, -0.05) is 47.7 Å². The third kappa shape index (κ3) is 2.12. The predicted molar refractivity (Wildman–Crippen MR) is 87.7 cm³/mol. The molecule has 1 heterocycles. The van der Waals surface area contributed by atoms with Crippen LogP contribution < -0.4 is 4.80 Å². The Kier molecular flexibility index (Phi) is 2.97. The summed E-state index contributed by atoms with van der Waals surface area (Å²) in [4.78, 5) is 0.938. The molecule has 3 aromatic rings. The Labute approximate surface area is 126 Å². The first-order valence-corrected chi connectivity index (χ1v) is 7.88. The lowest BCUT2D eigenvalue weighted by atomic mass is 10.1. The van der Waals surface area contributed by atoms with E-state index in [4.69, 9.17) is 0 Å². The van der Waals surface area contributed by atoms with E-state index in [9.17, 15) is 0 Å². The third-order valence-corrected chi connectivity index (χ3v) is 5.03. The first kappa shape index (κ1) is 12.5. The van der Waals surface area contributed by atoms with Crippen LogP contribution in [-0.4, -0.2) is 10.3 Å². The fourth-order valence-corrected chi connectivity index (χ4v) is 3.76. The largest absolute Gasteiger partial charge is 0.318 e. The van der Waals surface area contributed by atoms with E-state index in [1.807, 2.05) is 7.05 Å². The Morgan fingerprint density at radius 1 is 0.952 bits per heavy atom. The number of hydrogen-bond donors (Lipinski definition) is 0. The standard InChI is InChI=1S/C17H15N3S/c1-20-15-8-4-5-9-16(15)21-17(20)19-18-14-11-10-12-6-2-3-7-13(12)14/h2-9H,10-11H2,1H3. The van der Waals surface area contributed by atoms with Crippen molar-refractivity contribution in [1.82, 2.24) is 4.57 Å². The molecule has 0 aliphatic heterocycles. The van der Waals surface area contributed by atoms with Gasteiger partial charge in [0, 0.05) is 12.6 Å². The summed E-state index contributed by atoms with van der Waals surface area (Å²) in [7, 11) is 2.04. The van der Waals surface area contributed by atoms with Crippen molar-refractivity contribution in [2.24, 2.45) is 17.3 Å². The summed E-state index contributed by atoms with van der Waals surface area (Å²) in [5.41, 5.74) is 4.94. The van der Waals surface area contributed by atoms with Crippen molar-refractivity contribution in [3.8, 4) is 0 Å². The van der Waals surface area contributed by atoms with Gasteiger partial charge in [0.2, 0.25) is 4.80 Å². The monoisotopic (exact) mass is 293 g/mol. The van der Waals surface area contributed by atoms with E-state index in [1.54, 1.807) is 11.3 Å². The number of hydrogen-bond acceptors (Lipinski definition) is 3. The number of nitrogens with zero attached hydrogens (tertiary/aromatic N) is 3. The van der Waals surface area contributed by atoms with Crippen molar-refractivity contribution in [3.05, 3.63) is 64.5 Å². The van der Waals surface area contributed by atoms with Gasteiger partial charge in [0.05, 0.1) is 15.9 Å². The molecule has 0 atom stereocenters. The molecule has 4 heteroatoms. The first-order valence-electron chi connectivity index (χ1n) is 7.06. The molecule has 4 rings (SSSR count). The normalized spacial score (nSPS) is 16.8. The smallest absolute Gasteiger partial charge is 0.211 e. The number of rotatable bonds is 1. The van der Waals surface area contributed by atoms with Crippen LogP contribution in [0.15, 0.2) is 58.7 Å². The zero-order valence-electron chi connectivity index (χ0n) is 11.8. The van der Waals surface area contributed by atoms with Crippen LogP contribution in [0.1, 0.15) is 17.5 Å². The lowest BCUT2D eigenvalue weighted by molar-refractivity contribution is 0.887. The highest BCUT2D eigenvalue weighted by atomic mass is 32.1. The lowest BCUT2D eigenvalue weighted by Gasteiger charge is -1.96. The van der Waals surface area contributed by atoms with Gasteiger partial charge in [-0.3, -0.25) is 0 Å². The van der Waals surface area contributed by atoms with Gasteiger partial charge in [0.15, 0.2) is 0 Å². The maximum Gasteiger partial charge on any atom is 0.211 e. The minimum Gasteiger partial charge on any atom is -0.318 e. The van der Waals surface area contributed by atoms with Crippen LogP contribution in [-0.2, 0) is 13.5 Å². The average Bonchev–Trinajstić information content (AvgIpc) is 3.07. The Morgan fingerprint density at radius 2 is 1.76 bits per heavy atom. The predicted octanol–water partition coefficient (Wildman–Crippen LogP) is 3.49. The summed E-state index contributed by atoms with van der Waals surface area (Å²) < 4.78 is 3.34.